The molecule has 2 atom stereocenters. The van der Waals surface area contributed by atoms with E-state index in [2.05, 4.69) is 0 Å². The topological polar surface area (TPSA) is 90.3 Å². The van der Waals surface area contributed by atoms with Crippen LogP contribution in [-0.2, 0) is 4.74 Å². The molecule has 0 aromatic rings. The van der Waals surface area contributed by atoms with Gasteiger partial charge in [0.15, 0.2) is 0 Å². The number of carbonyl (C=O) groups is 2. The fourth-order valence-corrected chi connectivity index (χ4v) is 2.73. The molecule has 2 N–H and O–H groups in total. The second-order valence-electron chi connectivity index (χ2n) is 8.09. The molecule has 1 aliphatic rings. The fraction of sp³-hybridized carbons (Fsp3) is 0.875. The molecule has 0 saturated carbocycles. The van der Waals surface area contributed by atoms with Gasteiger partial charge in [-0.3, -0.25) is 0 Å². The summed E-state index contributed by atoms with van der Waals surface area (Å²) in [5.74, 6) is 0. The number of rotatable bonds is 4. The SMILES string of the molecule is CC(C)(C)N(C[C@@H]1CC[C@@H](CN(C(=O)O)C(C)(C)C)O1)C(=O)O. The third-order valence-corrected chi connectivity index (χ3v) is 4.05. The van der Waals surface area contributed by atoms with Gasteiger partial charge in [-0.1, -0.05) is 0 Å². The van der Waals surface area contributed by atoms with Gasteiger partial charge in [0.2, 0.25) is 0 Å². The Morgan fingerprint density at radius 2 is 1.17 bits per heavy atom. The van der Waals surface area contributed by atoms with Crippen molar-refractivity contribution in [3.63, 3.8) is 0 Å². The molecule has 1 fully saturated rings. The van der Waals surface area contributed by atoms with Crippen LogP contribution >= 0.6 is 0 Å². The normalized spacial score (nSPS) is 22.0. The average molecular weight is 330 g/mol. The zero-order valence-corrected chi connectivity index (χ0v) is 15.0. The van der Waals surface area contributed by atoms with Crippen LogP contribution in [-0.4, -0.2) is 68.6 Å². The Bertz CT molecular complexity index is 399. The molecule has 134 valence electrons. The van der Waals surface area contributed by atoms with Gasteiger partial charge in [-0.25, -0.2) is 9.59 Å². The molecule has 1 aliphatic heterocycles. The summed E-state index contributed by atoms with van der Waals surface area (Å²) in [6.07, 6.45) is -0.834. The maximum atomic E-state index is 11.4. The summed E-state index contributed by atoms with van der Waals surface area (Å²) in [5.41, 5.74) is -0.989. The summed E-state index contributed by atoms with van der Waals surface area (Å²) in [4.78, 5) is 25.5. The number of amides is 2. The Morgan fingerprint density at radius 3 is 1.39 bits per heavy atom. The largest absolute Gasteiger partial charge is 0.465 e. The van der Waals surface area contributed by atoms with Crippen LogP contribution in [0.2, 0.25) is 0 Å². The van der Waals surface area contributed by atoms with Crippen LogP contribution in [0.1, 0.15) is 54.4 Å². The Labute approximate surface area is 138 Å². The molecule has 0 aromatic carbocycles. The van der Waals surface area contributed by atoms with E-state index < -0.39 is 23.3 Å². The van der Waals surface area contributed by atoms with Crippen LogP contribution in [0, 0.1) is 0 Å². The van der Waals surface area contributed by atoms with Crippen LogP contribution in [0.5, 0.6) is 0 Å². The lowest BCUT2D eigenvalue weighted by atomic mass is 10.0. The monoisotopic (exact) mass is 330 g/mol. The van der Waals surface area contributed by atoms with E-state index in [-0.39, 0.29) is 12.2 Å². The van der Waals surface area contributed by atoms with Gasteiger partial charge in [-0.2, -0.15) is 0 Å². The van der Waals surface area contributed by atoms with Crippen LogP contribution in [0.4, 0.5) is 9.59 Å². The van der Waals surface area contributed by atoms with Crippen LogP contribution in [0.25, 0.3) is 0 Å². The Morgan fingerprint density at radius 1 is 0.870 bits per heavy atom. The third-order valence-electron chi connectivity index (χ3n) is 4.05. The molecular formula is C16H30N2O5. The van der Waals surface area contributed by atoms with E-state index in [1.54, 1.807) is 0 Å². The van der Waals surface area contributed by atoms with E-state index in [4.69, 9.17) is 4.74 Å². The van der Waals surface area contributed by atoms with E-state index in [1.165, 1.54) is 9.80 Å². The van der Waals surface area contributed by atoms with Crippen LogP contribution in [0.15, 0.2) is 0 Å². The summed E-state index contributed by atoms with van der Waals surface area (Å²) >= 11 is 0. The molecule has 2 amide bonds. The van der Waals surface area contributed by atoms with Gasteiger partial charge in [0.1, 0.15) is 0 Å². The Hall–Kier alpha value is -1.50. The molecule has 0 spiro atoms. The first-order chi connectivity index (χ1) is 10.3. The Balaban J connectivity index is 2.65. The molecule has 0 aromatic heterocycles. The Kier molecular flexibility index (Phi) is 5.90. The third kappa shape index (κ3) is 5.57. The highest BCUT2D eigenvalue weighted by atomic mass is 16.5. The van der Waals surface area contributed by atoms with E-state index in [9.17, 15) is 19.8 Å². The zero-order chi connectivity index (χ0) is 18.0. The smallest absolute Gasteiger partial charge is 0.407 e. The average Bonchev–Trinajstić information content (AvgIpc) is 2.77. The first-order valence-corrected chi connectivity index (χ1v) is 7.99. The van der Waals surface area contributed by atoms with Crippen LogP contribution < -0.4 is 0 Å². The predicted octanol–water partition coefficient (Wildman–Crippen LogP) is 3.09. The maximum absolute atomic E-state index is 11.4. The number of ether oxygens (including phenoxy) is 1. The number of nitrogens with zero attached hydrogens (tertiary/aromatic N) is 2. The molecule has 7 heteroatoms. The van der Waals surface area contributed by atoms with E-state index in [1.807, 2.05) is 41.5 Å². The lowest BCUT2D eigenvalue weighted by molar-refractivity contribution is -0.0138. The summed E-state index contributed by atoms with van der Waals surface area (Å²) in [6.45, 7) is 11.7. The van der Waals surface area contributed by atoms with E-state index in [0.29, 0.717) is 13.1 Å². The van der Waals surface area contributed by atoms with Gasteiger partial charge < -0.3 is 24.7 Å². The summed E-state index contributed by atoms with van der Waals surface area (Å²) in [6, 6.07) is 0. The van der Waals surface area contributed by atoms with Gasteiger partial charge in [0, 0.05) is 11.1 Å². The molecule has 1 heterocycles. The van der Waals surface area contributed by atoms with Crippen LogP contribution in [0.3, 0.4) is 0 Å². The van der Waals surface area contributed by atoms with Gasteiger partial charge in [-0.05, 0) is 54.4 Å². The number of hydrogen-bond donors (Lipinski definition) is 2. The highest BCUT2D eigenvalue weighted by Gasteiger charge is 2.36. The van der Waals surface area contributed by atoms with Gasteiger partial charge >= 0.3 is 12.2 Å². The first kappa shape index (κ1) is 19.5. The molecule has 0 radical (unpaired) electrons. The highest BCUT2D eigenvalue weighted by molar-refractivity contribution is 5.66. The minimum Gasteiger partial charge on any atom is -0.465 e. The van der Waals surface area contributed by atoms with Crippen molar-refractivity contribution in [2.75, 3.05) is 13.1 Å². The molecule has 7 nitrogen and oxygen atoms in total. The second-order valence-corrected chi connectivity index (χ2v) is 8.09. The standard InChI is InChI=1S/C16H30N2O5/c1-15(2,3)17(13(19)20)9-11-7-8-12(23-11)10-18(14(21)22)16(4,5)6/h11-12H,7-10H2,1-6H3,(H,19,20)(H,21,22)/t11-,12-/m0/s1. The van der Waals surface area contributed by atoms with Crippen molar-refractivity contribution in [3.05, 3.63) is 0 Å². The van der Waals surface area contributed by atoms with Crippen molar-refractivity contribution in [3.8, 4) is 0 Å². The lowest BCUT2D eigenvalue weighted by Gasteiger charge is -2.36. The van der Waals surface area contributed by atoms with E-state index >= 15 is 0 Å². The second kappa shape index (κ2) is 6.95. The van der Waals surface area contributed by atoms with Crippen molar-refractivity contribution in [1.29, 1.82) is 0 Å². The van der Waals surface area contributed by atoms with Crippen molar-refractivity contribution in [2.45, 2.75) is 77.7 Å². The van der Waals surface area contributed by atoms with E-state index in [0.717, 1.165) is 12.8 Å². The van der Waals surface area contributed by atoms with Crippen molar-refractivity contribution >= 4 is 12.2 Å². The predicted molar refractivity (Wildman–Crippen MR) is 86.9 cm³/mol. The molecule has 23 heavy (non-hydrogen) atoms. The van der Waals surface area contributed by atoms with Gasteiger partial charge in [-0.15, -0.1) is 0 Å². The first-order valence-electron chi connectivity index (χ1n) is 7.99. The fourth-order valence-electron chi connectivity index (χ4n) is 2.73. The zero-order valence-electron chi connectivity index (χ0n) is 15.0. The molecule has 1 saturated heterocycles. The quantitative estimate of drug-likeness (QED) is 0.826. The number of carboxylic acid groups (broad SMARTS) is 2. The van der Waals surface area contributed by atoms with Crippen molar-refractivity contribution in [2.24, 2.45) is 0 Å². The molecule has 0 bridgehead atoms. The molecule has 0 unspecified atom stereocenters. The lowest BCUT2D eigenvalue weighted by Crippen LogP contribution is -2.50. The van der Waals surface area contributed by atoms with Gasteiger partial charge in [0.25, 0.3) is 0 Å². The summed E-state index contributed by atoms with van der Waals surface area (Å²) < 4.78 is 5.90. The van der Waals surface area contributed by atoms with Crippen molar-refractivity contribution < 1.29 is 24.5 Å². The number of hydrogen-bond acceptors (Lipinski definition) is 3. The highest BCUT2D eigenvalue weighted by Crippen LogP contribution is 2.26. The van der Waals surface area contributed by atoms with Gasteiger partial charge in [0.05, 0.1) is 25.3 Å². The maximum Gasteiger partial charge on any atom is 0.407 e. The van der Waals surface area contributed by atoms with Crippen molar-refractivity contribution in [1.82, 2.24) is 9.80 Å². The summed E-state index contributed by atoms with van der Waals surface area (Å²) in [7, 11) is 0. The minimum atomic E-state index is -0.966. The minimum absolute atomic E-state index is 0.189. The molecule has 1 rings (SSSR count). The summed E-state index contributed by atoms with van der Waals surface area (Å²) in [5, 5.41) is 18.7. The molecular weight excluding hydrogens is 300 g/mol. The molecule has 0 aliphatic carbocycles.